The normalized spacial score (nSPS) is 12.5. The van der Waals surface area contributed by atoms with E-state index in [2.05, 4.69) is 15.8 Å². The molecule has 1 aromatic carbocycles. The number of rotatable bonds is 8. The summed E-state index contributed by atoms with van der Waals surface area (Å²) in [6, 6.07) is 8.12. The number of benzene rings is 1. The van der Waals surface area contributed by atoms with E-state index in [0.717, 1.165) is 36.1 Å². The van der Waals surface area contributed by atoms with Gasteiger partial charge in [-0.3, -0.25) is 9.59 Å². The number of carbonyl (C=O) groups is 4. The minimum absolute atomic E-state index is 0.203. The molecule has 0 aliphatic heterocycles. The summed E-state index contributed by atoms with van der Waals surface area (Å²) in [5.41, 5.74) is 3.90. The molecule has 1 aliphatic carbocycles. The summed E-state index contributed by atoms with van der Waals surface area (Å²) in [5, 5.41) is 8.44. The summed E-state index contributed by atoms with van der Waals surface area (Å²) in [5.74, 6) is -2.47. The molecule has 38 heavy (non-hydrogen) atoms. The van der Waals surface area contributed by atoms with Crippen molar-refractivity contribution >= 4 is 57.6 Å². The standard InChI is InChI=1S/C26H25N3O7S2/c1-3-35-26(33)21-16-7-4-5-8-19(16)38-24(21)28-22(30)23(31)29-27-14-15-10-11-17(18(13-15)34-2)36-25(32)20-9-6-12-37-20/h6,9-14H,3-5,7-8H2,1-2H3,(H,28,30)(H,29,31)/b27-14+. The lowest BCUT2D eigenvalue weighted by Crippen LogP contribution is -2.32. The van der Waals surface area contributed by atoms with E-state index in [1.54, 1.807) is 36.6 Å². The Labute approximate surface area is 226 Å². The van der Waals surface area contributed by atoms with Crippen molar-refractivity contribution in [3.05, 3.63) is 62.2 Å². The van der Waals surface area contributed by atoms with Crippen molar-refractivity contribution < 1.29 is 33.4 Å². The highest BCUT2D eigenvalue weighted by Crippen LogP contribution is 2.38. The average molecular weight is 556 g/mol. The lowest BCUT2D eigenvalue weighted by molar-refractivity contribution is -0.136. The van der Waals surface area contributed by atoms with Gasteiger partial charge in [0.15, 0.2) is 11.5 Å². The van der Waals surface area contributed by atoms with E-state index < -0.39 is 23.8 Å². The van der Waals surface area contributed by atoms with Crippen molar-refractivity contribution in [3.63, 3.8) is 0 Å². The zero-order valence-electron chi connectivity index (χ0n) is 20.7. The van der Waals surface area contributed by atoms with Crippen LogP contribution in [0, 0.1) is 0 Å². The number of hydrogen-bond acceptors (Lipinski definition) is 10. The number of aryl methyl sites for hydroxylation is 1. The van der Waals surface area contributed by atoms with Crippen molar-refractivity contribution in [3.8, 4) is 11.5 Å². The highest BCUT2D eigenvalue weighted by molar-refractivity contribution is 7.17. The molecule has 12 heteroatoms. The molecule has 2 aromatic heterocycles. The molecule has 198 valence electrons. The van der Waals surface area contributed by atoms with E-state index in [-0.39, 0.29) is 18.1 Å². The van der Waals surface area contributed by atoms with E-state index in [9.17, 15) is 19.2 Å². The van der Waals surface area contributed by atoms with E-state index in [1.165, 1.54) is 42.1 Å². The fraction of sp³-hybridized carbons (Fsp3) is 0.269. The number of hydrazone groups is 1. The Hall–Kier alpha value is -4.03. The number of esters is 2. The van der Waals surface area contributed by atoms with Crippen molar-refractivity contribution in [2.75, 3.05) is 19.0 Å². The van der Waals surface area contributed by atoms with E-state index in [4.69, 9.17) is 14.2 Å². The van der Waals surface area contributed by atoms with E-state index >= 15 is 0 Å². The van der Waals surface area contributed by atoms with Gasteiger partial charge in [0.25, 0.3) is 0 Å². The Balaban J connectivity index is 1.39. The van der Waals surface area contributed by atoms with Crippen LogP contribution in [0.25, 0.3) is 0 Å². The molecule has 2 N–H and O–H groups in total. The van der Waals surface area contributed by atoms with Crippen molar-refractivity contribution in [2.24, 2.45) is 5.10 Å². The van der Waals surface area contributed by atoms with Gasteiger partial charge in [0.2, 0.25) is 0 Å². The van der Waals surface area contributed by atoms with E-state index in [0.29, 0.717) is 21.0 Å². The number of nitrogens with one attached hydrogen (secondary N) is 2. The summed E-state index contributed by atoms with van der Waals surface area (Å²) in [6.07, 6.45) is 4.80. The zero-order chi connectivity index (χ0) is 27.1. The molecule has 0 saturated heterocycles. The number of amides is 2. The molecule has 0 fully saturated rings. The number of anilines is 1. The number of carbonyl (C=O) groups excluding carboxylic acids is 4. The Morgan fingerprint density at radius 2 is 1.87 bits per heavy atom. The molecule has 10 nitrogen and oxygen atoms in total. The van der Waals surface area contributed by atoms with Crippen molar-refractivity contribution in [1.82, 2.24) is 5.43 Å². The van der Waals surface area contributed by atoms with Gasteiger partial charge in [-0.05, 0) is 73.4 Å². The predicted molar refractivity (Wildman–Crippen MR) is 144 cm³/mol. The fourth-order valence-corrected chi connectivity index (χ4v) is 5.71. The molecular weight excluding hydrogens is 530 g/mol. The highest BCUT2D eigenvalue weighted by Gasteiger charge is 2.28. The van der Waals surface area contributed by atoms with Gasteiger partial charge < -0.3 is 19.5 Å². The third-order valence-electron chi connectivity index (χ3n) is 5.58. The summed E-state index contributed by atoms with van der Waals surface area (Å²) >= 11 is 2.55. The maximum atomic E-state index is 12.5. The first-order chi connectivity index (χ1) is 18.4. The molecule has 1 aliphatic rings. The third-order valence-corrected chi connectivity index (χ3v) is 7.63. The number of ether oxygens (including phenoxy) is 3. The first kappa shape index (κ1) is 27.0. The zero-order valence-corrected chi connectivity index (χ0v) is 22.3. The van der Waals surface area contributed by atoms with Crippen LogP contribution in [0.5, 0.6) is 11.5 Å². The van der Waals surface area contributed by atoms with Gasteiger partial charge in [-0.2, -0.15) is 5.10 Å². The fourth-order valence-electron chi connectivity index (χ4n) is 3.84. The molecule has 0 atom stereocenters. The first-order valence-corrected chi connectivity index (χ1v) is 13.5. The van der Waals surface area contributed by atoms with Crippen molar-refractivity contribution in [2.45, 2.75) is 32.6 Å². The van der Waals surface area contributed by atoms with E-state index in [1.807, 2.05) is 0 Å². The topological polar surface area (TPSA) is 132 Å². The molecule has 2 amide bonds. The van der Waals surface area contributed by atoms with Gasteiger partial charge in [-0.15, -0.1) is 22.7 Å². The smallest absolute Gasteiger partial charge is 0.353 e. The second kappa shape index (κ2) is 12.5. The lowest BCUT2D eigenvalue weighted by atomic mass is 9.95. The molecule has 4 rings (SSSR count). The number of nitrogens with zero attached hydrogens (tertiary/aromatic N) is 1. The van der Waals surface area contributed by atoms with Crippen LogP contribution in [-0.2, 0) is 27.2 Å². The summed E-state index contributed by atoms with van der Waals surface area (Å²) in [7, 11) is 1.43. The van der Waals surface area contributed by atoms with Crippen LogP contribution in [0.15, 0.2) is 40.8 Å². The van der Waals surface area contributed by atoms with Crippen LogP contribution in [-0.4, -0.2) is 43.7 Å². The number of thiophene rings is 2. The Bertz CT molecular complexity index is 1380. The van der Waals surface area contributed by atoms with Crippen LogP contribution in [0.1, 0.15) is 55.8 Å². The van der Waals surface area contributed by atoms with Gasteiger partial charge in [0.1, 0.15) is 9.88 Å². The Kier molecular flexibility index (Phi) is 8.87. The maximum Gasteiger partial charge on any atom is 0.353 e. The SMILES string of the molecule is CCOC(=O)c1c(NC(=O)C(=O)N/N=C/c2ccc(OC(=O)c3cccs3)c(OC)c2)sc2c1CCCC2. The lowest BCUT2D eigenvalue weighted by Gasteiger charge is -2.12. The van der Waals surface area contributed by atoms with Crippen LogP contribution >= 0.6 is 22.7 Å². The number of fused-ring (bicyclic) bond motifs is 1. The molecule has 2 heterocycles. The third kappa shape index (κ3) is 6.26. The molecule has 0 radical (unpaired) electrons. The van der Waals surface area contributed by atoms with Gasteiger partial charge in [0, 0.05) is 4.88 Å². The molecular formula is C26H25N3O7S2. The quantitative estimate of drug-likeness (QED) is 0.140. The van der Waals surface area contributed by atoms with Crippen LogP contribution in [0.2, 0.25) is 0 Å². The van der Waals surface area contributed by atoms with Crippen LogP contribution < -0.4 is 20.2 Å². The van der Waals surface area contributed by atoms with Gasteiger partial charge in [-0.1, -0.05) is 6.07 Å². The Morgan fingerprint density at radius 1 is 1.05 bits per heavy atom. The highest BCUT2D eigenvalue weighted by atomic mass is 32.1. The first-order valence-electron chi connectivity index (χ1n) is 11.8. The van der Waals surface area contributed by atoms with Gasteiger partial charge >= 0.3 is 23.8 Å². The summed E-state index contributed by atoms with van der Waals surface area (Å²) in [6.45, 7) is 1.91. The average Bonchev–Trinajstić information content (AvgIpc) is 3.57. The minimum atomic E-state index is -1.00. The van der Waals surface area contributed by atoms with Gasteiger partial charge in [-0.25, -0.2) is 15.0 Å². The molecule has 0 saturated carbocycles. The summed E-state index contributed by atoms with van der Waals surface area (Å²) < 4.78 is 15.9. The molecule has 0 bridgehead atoms. The second-order valence-corrected chi connectivity index (χ2v) is 10.1. The minimum Gasteiger partial charge on any atom is -0.493 e. The maximum absolute atomic E-state index is 12.5. The second-order valence-electron chi connectivity index (χ2n) is 8.07. The molecule has 0 spiro atoms. The Morgan fingerprint density at radius 3 is 2.61 bits per heavy atom. The van der Waals surface area contributed by atoms with Gasteiger partial charge in [0.05, 0.1) is 25.5 Å². The number of hydrogen-bond donors (Lipinski definition) is 2. The largest absolute Gasteiger partial charge is 0.493 e. The van der Waals surface area contributed by atoms with Crippen LogP contribution in [0.3, 0.4) is 0 Å². The monoisotopic (exact) mass is 555 g/mol. The van der Waals surface area contributed by atoms with Crippen molar-refractivity contribution in [1.29, 1.82) is 0 Å². The van der Waals surface area contributed by atoms with Crippen LogP contribution in [0.4, 0.5) is 5.00 Å². The predicted octanol–water partition coefficient (Wildman–Crippen LogP) is 4.18. The molecule has 3 aromatic rings. The number of methoxy groups -OCH3 is 1. The summed E-state index contributed by atoms with van der Waals surface area (Å²) in [4.78, 5) is 51.1. The molecule has 0 unspecified atom stereocenters.